The van der Waals surface area contributed by atoms with Gasteiger partial charge in [-0.15, -0.1) is 0 Å². The van der Waals surface area contributed by atoms with Gasteiger partial charge in [0.15, 0.2) is 0 Å². The molecule has 7 aliphatic rings. The molecule has 6 unspecified atom stereocenters. The van der Waals surface area contributed by atoms with Crippen LogP contribution in [0.1, 0.15) is 0 Å². The lowest BCUT2D eigenvalue weighted by molar-refractivity contribution is -0.397. The second-order valence-electron chi connectivity index (χ2n) is 7.25. The quantitative estimate of drug-likeness (QED) is 0.591. The predicted octanol–water partition coefficient (Wildman–Crippen LogP) is 0.421. The van der Waals surface area contributed by atoms with Crippen LogP contribution < -0.4 is 0 Å². The maximum Gasteiger partial charge on any atom is 0.312 e. The van der Waals surface area contributed by atoms with Gasteiger partial charge in [-0.3, -0.25) is 4.79 Å². The zero-order chi connectivity index (χ0) is 10.5. The lowest BCUT2D eigenvalue weighted by Gasteiger charge is -2.84. The molecule has 0 bridgehead atoms. The summed E-state index contributed by atoms with van der Waals surface area (Å²) in [6, 6.07) is 2.64. The van der Waals surface area contributed by atoms with Crippen LogP contribution in [0.3, 0.4) is 0 Å². The zero-order valence-corrected chi connectivity index (χ0v) is 8.73. The fourth-order valence-corrected chi connectivity index (χ4v) is 9.28. The van der Waals surface area contributed by atoms with Crippen molar-refractivity contribution in [3.8, 4) is 6.07 Å². The molecule has 0 N–H and O–H groups in total. The molecule has 0 aromatic carbocycles. The molecule has 0 aromatic rings. The van der Waals surface area contributed by atoms with E-state index in [2.05, 4.69) is 6.07 Å². The van der Waals surface area contributed by atoms with Crippen molar-refractivity contribution in [1.29, 1.82) is 5.26 Å². The Kier molecular flexibility index (Phi) is 0.460. The van der Waals surface area contributed by atoms with Crippen molar-refractivity contribution in [2.75, 3.05) is 7.11 Å². The molecule has 7 rings (SSSR count). The third kappa shape index (κ3) is 0.193. The number of hydrogen-bond donors (Lipinski definition) is 0. The summed E-state index contributed by atoms with van der Waals surface area (Å²) in [5.41, 5.74) is 1.05. The number of esters is 1. The van der Waals surface area contributed by atoms with Crippen LogP contribution in [0.5, 0.6) is 0 Å². The zero-order valence-electron chi connectivity index (χ0n) is 8.73. The lowest BCUT2D eigenvalue weighted by Crippen LogP contribution is -2.86. The van der Waals surface area contributed by atoms with Gasteiger partial charge in [-0.2, -0.15) is 5.26 Å². The van der Waals surface area contributed by atoms with E-state index in [4.69, 9.17) is 4.74 Å². The second-order valence-corrected chi connectivity index (χ2v) is 7.25. The maximum atomic E-state index is 12.1. The Bertz CT molecular complexity index is 600. The first-order valence-electron chi connectivity index (χ1n) is 6.25. The first-order chi connectivity index (χ1) is 7.75. The van der Waals surface area contributed by atoms with E-state index in [1.807, 2.05) is 0 Å². The summed E-state index contributed by atoms with van der Waals surface area (Å²) in [4.78, 5) is 12.1. The van der Waals surface area contributed by atoms with Gasteiger partial charge in [0, 0.05) is 0 Å². The molecule has 16 heavy (non-hydrogen) atoms. The van der Waals surface area contributed by atoms with Crippen molar-refractivity contribution < 1.29 is 9.53 Å². The van der Waals surface area contributed by atoms with Crippen molar-refractivity contribution >= 4 is 5.97 Å². The molecule has 7 aliphatic carbocycles. The molecule has 0 heterocycles. The highest BCUT2D eigenvalue weighted by Crippen LogP contribution is 3.30. The lowest BCUT2D eigenvalue weighted by atomic mass is 9.16. The standard InChI is InChI=1S/C13H9NO2/c1-16-9(15)13-5-3-10(2-14)4-6(13)12(4)7(10)11(3,5)8(12)13/h3-8H,1H3. The average Bonchev–Trinajstić information content (AvgIpc) is 3.11. The number of nitriles is 1. The van der Waals surface area contributed by atoms with Gasteiger partial charge >= 0.3 is 5.97 Å². The molecule has 0 radical (unpaired) electrons. The monoisotopic (exact) mass is 211 g/mol. The Morgan fingerprint density at radius 2 is 1.81 bits per heavy atom. The number of carbonyl (C=O) groups is 1. The minimum atomic E-state index is -0.0581. The summed E-state index contributed by atoms with van der Waals surface area (Å²) in [7, 11) is 1.53. The predicted molar refractivity (Wildman–Crippen MR) is 48.3 cm³/mol. The molecule has 0 aromatic heterocycles. The van der Waals surface area contributed by atoms with Gasteiger partial charge in [0.25, 0.3) is 0 Å². The molecular formula is C13H9NO2. The van der Waals surface area contributed by atoms with Gasteiger partial charge in [-0.05, 0) is 46.3 Å². The van der Waals surface area contributed by atoms with Crippen molar-refractivity contribution in [2.45, 2.75) is 0 Å². The summed E-state index contributed by atoms with van der Waals surface area (Å²) >= 11 is 0. The third-order valence-corrected chi connectivity index (χ3v) is 8.35. The summed E-state index contributed by atoms with van der Waals surface area (Å²) in [5.74, 6) is 3.86. The normalized spacial score (nSPS) is 90.8. The summed E-state index contributed by atoms with van der Waals surface area (Å²) in [5, 5.41) is 9.45. The number of carbonyl (C=O) groups excluding carboxylic acids is 1. The van der Waals surface area contributed by atoms with Crippen LogP contribution in [0.15, 0.2) is 0 Å². The molecule has 78 valence electrons. The highest BCUT2D eigenvalue weighted by molar-refractivity contribution is 5.95. The molecule has 0 amide bonds. The number of ether oxygens (including phenoxy) is 1. The van der Waals surface area contributed by atoms with Crippen LogP contribution in [0.4, 0.5) is 0 Å². The van der Waals surface area contributed by atoms with Crippen LogP contribution >= 0.6 is 0 Å². The summed E-state index contributed by atoms with van der Waals surface area (Å²) < 4.78 is 5.06. The molecule has 7 saturated carbocycles. The van der Waals surface area contributed by atoms with E-state index in [-0.39, 0.29) is 16.8 Å². The molecule has 6 atom stereocenters. The molecule has 7 fully saturated rings. The Balaban J connectivity index is 1.56. The molecular weight excluding hydrogens is 202 g/mol. The smallest absolute Gasteiger partial charge is 0.312 e. The van der Waals surface area contributed by atoms with Crippen molar-refractivity contribution in [2.24, 2.45) is 57.2 Å². The largest absolute Gasteiger partial charge is 0.469 e. The van der Waals surface area contributed by atoms with E-state index >= 15 is 0 Å². The SMILES string of the molecule is COC(=O)C12C3C4C5(C#N)C6C1C61C5C43C21. The first kappa shape index (κ1) is 6.64. The first-order valence-corrected chi connectivity index (χ1v) is 6.25. The van der Waals surface area contributed by atoms with E-state index in [1.165, 1.54) is 7.11 Å². The fraction of sp³-hybridized carbons (Fsp3) is 0.846. The number of rotatable bonds is 1. The summed E-state index contributed by atoms with van der Waals surface area (Å²) in [6.07, 6.45) is 0. The van der Waals surface area contributed by atoms with E-state index in [0.717, 1.165) is 5.92 Å². The number of hydrogen-bond acceptors (Lipinski definition) is 3. The van der Waals surface area contributed by atoms with E-state index in [9.17, 15) is 10.1 Å². The topological polar surface area (TPSA) is 50.1 Å². The van der Waals surface area contributed by atoms with Gasteiger partial charge in [0.2, 0.25) is 0 Å². The number of methoxy groups -OCH3 is 1. The average molecular weight is 211 g/mol. The minimum Gasteiger partial charge on any atom is -0.469 e. The molecule has 0 aliphatic heterocycles. The van der Waals surface area contributed by atoms with Gasteiger partial charge in [-0.1, -0.05) is 0 Å². The Morgan fingerprint density at radius 3 is 2.31 bits per heavy atom. The van der Waals surface area contributed by atoms with Crippen molar-refractivity contribution in [3.05, 3.63) is 0 Å². The minimum absolute atomic E-state index is 0.0581. The van der Waals surface area contributed by atoms with Crippen LogP contribution in [-0.2, 0) is 9.53 Å². The number of nitrogens with zero attached hydrogens (tertiary/aromatic N) is 1. The van der Waals surface area contributed by atoms with Crippen LogP contribution in [-0.4, -0.2) is 13.1 Å². The third-order valence-electron chi connectivity index (χ3n) is 8.35. The van der Waals surface area contributed by atoms with E-state index < -0.39 is 0 Å². The Morgan fingerprint density at radius 1 is 1.19 bits per heavy atom. The molecule has 3 nitrogen and oxygen atoms in total. The van der Waals surface area contributed by atoms with E-state index in [0.29, 0.717) is 40.4 Å². The Labute approximate surface area is 91.7 Å². The molecule has 0 saturated heterocycles. The highest BCUT2D eigenvalue weighted by Gasteiger charge is 3.32. The second kappa shape index (κ2) is 1.11. The fourth-order valence-electron chi connectivity index (χ4n) is 9.28. The molecule has 3 heteroatoms. The van der Waals surface area contributed by atoms with Crippen molar-refractivity contribution in [1.82, 2.24) is 0 Å². The van der Waals surface area contributed by atoms with Gasteiger partial charge in [-0.25, -0.2) is 0 Å². The Hall–Kier alpha value is -1.04. The van der Waals surface area contributed by atoms with Crippen LogP contribution in [0, 0.1) is 68.5 Å². The van der Waals surface area contributed by atoms with Gasteiger partial charge in [0.1, 0.15) is 0 Å². The number of fused-ring (bicyclic) bond motifs is 6. The summed E-state index contributed by atoms with van der Waals surface area (Å²) in [6.45, 7) is 0. The van der Waals surface area contributed by atoms with Gasteiger partial charge in [0.05, 0.1) is 24.0 Å². The highest BCUT2D eigenvalue weighted by atomic mass is 16.5. The van der Waals surface area contributed by atoms with Crippen LogP contribution in [0.25, 0.3) is 0 Å². The van der Waals surface area contributed by atoms with Gasteiger partial charge < -0.3 is 4.74 Å². The van der Waals surface area contributed by atoms with Crippen LogP contribution in [0.2, 0.25) is 0 Å². The van der Waals surface area contributed by atoms with Crippen molar-refractivity contribution in [3.63, 3.8) is 0 Å². The molecule has 2 spiro atoms. The van der Waals surface area contributed by atoms with E-state index in [1.54, 1.807) is 0 Å². The maximum absolute atomic E-state index is 12.1.